The molecule has 0 radical (unpaired) electrons. The molecule has 1 amide bonds. The highest BCUT2D eigenvalue weighted by atomic mass is 16.1. The smallest absolute Gasteiger partial charge is 0.255 e. The molecule has 2 heterocycles. The van der Waals surface area contributed by atoms with Crippen molar-refractivity contribution in [1.29, 1.82) is 0 Å². The fourth-order valence-electron chi connectivity index (χ4n) is 1.93. The van der Waals surface area contributed by atoms with Gasteiger partial charge >= 0.3 is 0 Å². The number of fused-ring (bicyclic) bond motifs is 1. The van der Waals surface area contributed by atoms with E-state index in [2.05, 4.69) is 20.3 Å². The summed E-state index contributed by atoms with van der Waals surface area (Å²) in [6.07, 6.45) is 5.77. The zero-order chi connectivity index (χ0) is 12.5. The second-order valence-electron chi connectivity index (χ2n) is 4.51. The molecule has 18 heavy (non-hydrogen) atoms. The largest absolute Gasteiger partial charge is 0.351 e. The number of aromatic amines is 1. The Morgan fingerprint density at radius 2 is 2.39 bits per heavy atom. The highest BCUT2D eigenvalue weighted by Crippen LogP contribution is 2.39. The minimum Gasteiger partial charge on any atom is -0.351 e. The molecule has 6 nitrogen and oxygen atoms in total. The van der Waals surface area contributed by atoms with Gasteiger partial charge in [0.25, 0.3) is 5.91 Å². The Balaban J connectivity index is 1.95. The van der Waals surface area contributed by atoms with Crippen molar-refractivity contribution in [3.8, 4) is 0 Å². The standard InChI is InChI=1S/C12H15N5O/c13-3-4-14-12(18)8-5-15-11-10(8)17-9(6-16-11)7-1-2-7/h5-7H,1-4,13H2,(H,14,18)(H,15,16). The zero-order valence-corrected chi connectivity index (χ0v) is 9.94. The van der Waals surface area contributed by atoms with Crippen LogP contribution in [0.5, 0.6) is 0 Å². The highest BCUT2D eigenvalue weighted by molar-refractivity contribution is 6.04. The van der Waals surface area contributed by atoms with Crippen LogP contribution in [0.3, 0.4) is 0 Å². The number of carbonyl (C=O) groups is 1. The first-order valence-electron chi connectivity index (χ1n) is 6.12. The van der Waals surface area contributed by atoms with E-state index in [9.17, 15) is 4.79 Å². The molecule has 1 fully saturated rings. The van der Waals surface area contributed by atoms with Gasteiger partial charge in [-0.15, -0.1) is 0 Å². The normalized spacial score (nSPS) is 14.9. The molecular formula is C12H15N5O. The second-order valence-corrected chi connectivity index (χ2v) is 4.51. The minimum absolute atomic E-state index is 0.158. The van der Waals surface area contributed by atoms with Gasteiger partial charge in [-0.25, -0.2) is 9.97 Å². The summed E-state index contributed by atoms with van der Waals surface area (Å²) in [6.45, 7) is 0.883. The van der Waals surface area contributed by atoms with Crippen LogP contribution >= 0.6 is 0 Å². The molecule has 0 aliphatic heterocycles. The molecule has 1 aliphatic carbocycles. The van der Waals surface area contributed by atoms with Crippen molar-refractivity contribution < 1.29 is 4.79 Å². The van der Waals surface area contributed by atoms with Crippen LogP contribution in [0.2, 0.25) is 0 Å². The summed E-state index contributed by atoms with van der Waals surface area (Å²) in [7, 11) is 0. The van der Waals surface area contributed by atoms with E-state index in [1.165, 1.54) is 12.8 Å². The summed E-state index contributed by atoms with van der Waals surface area (Å²) >= 11 is 0. The molecule has 94 valence electrons. The summed E-state index contributed by atoms with van der Waals surface area (Å²) in [5.74, 6) is 0.366. The van der Waals surface area contributed by atoms with Crippen molar-refractivity contribution in [2.24, 2.45) is 5.73 Å². The topological polar surface area (TPSA) is 96.7 Å². The Morgan fingerprint density at radius 1 is 1.56 bits per heavy atom. The molecule has 0 unspecified atom stereocenters. The molecule has 1 saturated carbocycles. The number of rotatable bonds is 4. The van der Waals surface area contributed by atoms with Gasteiger partial charge in [-0.1, -0.05) is 0 Å². The van der Waals surface area contributed by atoms with Gasteiger partial charge in [0.15, 0.2) is 5.65 Å². The Bertz CT molecular complexity index is 587. The number of nitrogens with one attached hydrogen (secondary N) is 2. The van der Waals surface area contributed by atoms with E-state index < -0.39 is 0 Å². The lowest BCUT2D eigenvalue weighted by atomic mass is 10.2. The van der Waals surface area contributed by atoms with Crippen LogP contribution in [-0.4, -0.2) is 33.9 Å². The van der Waals surface area contributed by atoms with Gasteiger partial charge in [0.1, 0.15) is 5.52 Å². The fraction of sp³-hybridized carbons (Fsp3) is 0.417. The molecule has 0 saturated heterocycles. The van der Waals surface area contributed by atoms with Gasteiger partial charge in [-0.05, 0) is 12.8 Å². The minimum atomic E-state index is -0.158. The third kappa shape index (κ3) is 1.95. The van der Waals surface area contributed by atoms with Crippen molar-refractivity contribution in [2.45, 2.75) is 18.8 Å². The first-order valence-corrected chi connectivity index (χ1v) is 6.12. The van der Waals surface area contributed by atoms with Gasteiger partial charge in [-0.3, -0.25) is 4.79 Å². The number of carbonyl (C=O) groups excluding carboxylic acids is 1. The van der Waals surface area contributed by atoms with Gasteiger partial charge in [0, 0.05) is 25.2 Å². The van der Waals surface area contributed by atoms with Crippen LogP contribution in [-0.2, 0) is 0 Å². The maximum atomic E-state index is 11.9. The average molecular weight is 245 g/mol. The molecule has 4 N–H and O–H groups in total. The molecule has 3 rings (SSSR count). The molecule has 1 aliphatic rings. The summed E-state index contributed by atoms with van der Waals surface area (Å²) in [5, 5.41) is 2.74. The van der Waals surface area contributed by atoms with E-state index in [1.807, 2.05) is 0 Å². The van der Waals surface area contributed by atoms with E-state index in [0.717, 1.165) is 5.69 Å². The predicted octanol–water partition coefficient (Wildman–Crippen LogP) is 0.524. The molecular weight excluding hydrogens is 230 g/mol. The number of hydrogen-bond acceptors (Lipinski definition) is 4. The van der Waals surface area contributed by atoms with Crippen LogP contribution in [0.25, 0.3) is 11.2 Å². The molecule has 6 heteroatoms. The van der Waals surface area contributed by atoms with Crippen LogP contribution in [0.15, 0.2) is 12.4 Å². The number of amides is 1. The van der Waals surface area contributed by atoms with Gasteiger partial charge in [0.05, 0.1) is 17.5 Å². The van der Waals surface area contributed by atoms with Crippen molar-refractivity contribution in [1.82, 2.24) is 20.3 Å². The third-order valence-corrected chi connectivity index (χ3v) is 3.07. The van der Waals surface area contributed by atoms with Crippen LogP contribution < -0.4 is 11.1 Å². The van der Waals surface area contributed by atoms with E-state index in [4.69, 9.17) is 5.73 Å². The lowest BCUT2D eigenvalue weighted by molar-refractivity contribution is 0.0956. The summed E-state index contributed by atoms with van der Waals surface area (Å²) in [6, 6.07) is 0. The van der Waals surface area contributed by atoms with Gasteiger partial charge in [0.2, 0.25) is 0 Å². The van der Waals surface area contributed by atoms with Gasteiger partial charge < -0.3 is 16.0 Å². The van der Waals surface area contributed by atoms with E-state index in [0.29, 0.717) is 35.7 Å². The molecule has 2 aromatic heterocycles. The molecule has 0 spiro atoms. The van der Waals surface area contributed by atoms with Gasteiger partial charge in [-0.2, -0.15) is 0 Å². The van der Waals surface area contributed by atoms with Crippen molar-refractivity contribution in [2.75, 3.05) is 13.1 Å². The maximum Gasteiger partial charge on any atom is 0.255 e. The first-order chi connectivity index (χ1) is 8.79. The van der Waals surface area contributed by atoms with Crippen LogP contribution in [0.1, 0.15) is 34.8 Å². The lowest BCUT2D eigenvalue weighted by Crippen LogP contribution is -2.28. The predicted molar refractivity (Wildman–Crippen MR) is 67.3 cm³/mol. The zero-order valence-electron chi connectivity index (χ0n) is 9.94. The Morgan fingerprint density at radius 3 is 3.11 bits per heavy atom. The van der Waals surface area contributed by atoms with Crippen LogP contribution in [0.4, 0.5) is 0 Å². The SMILES string of the molecule is NCCNC(=O)c1c[nH]c2ncc(C3CC3)nc12. The van der Waals surface area contributed by atoms with E-state index >= 15 is 0 Å². The monoisotopic (exact) mass is 245 g/mol. The molecule has 0 bridgehead atoms. The number of aromatic nitrogens is 3. The molecule has 2 aromatic rings. The summed E-state index contributed by atoms with van der Waals surface area (Å²) < 4.78 is 0. The Hall–Kier alpha value is -1.95. The highest BCUT2D eigenvalue weighted by Gasteiger charge is 2.26. The molecule has 0 aromatic carbocycles. The number of nitrogens with two attached hydrogens (primary N) is 1. The third-order valence-electron chi connectivity index (χ3n) is 3.07. The maximum absolute atomic E-state index is 11.9. The summed E-state index contributed by atoms with van der Waals surface area (Å²) in [4.78, 5) is 23.7. The number of H-pyrrole nitrogens is 1. The van der Waals surface area contributed by atoms with Crippen molar-refractivity contribution in [3.63, 3.8) is 0 Å². The average Bonchev–Trinajstić information content (AvgIpc) is 3.15. The fourth-order valence-corrected chi connectivity index (χ4v) is 1.93. The number of nitrogens with zero attached hydrogens (tertiary/aromatic N) is 2. The molecule has 0 atom stereocenters. The lowest BCUT2D eigenvalue weighted by Gasteiger charge is -2.02. The van der Waals surface area contributed by atoms with Crippen molar-refractivity contribution >= 4 is 17.1 Å². The first kappa shape index (κ1) is 11.2. The summed E-state index contributed by atoms with van der Waals surface area (Å²) in [5.41, 5.74) is 8.18. The van der Waals surface area contributed by atoms with Crippen molar-refractivity contribution in [3.05, 3.63) is 23.7 Å². The Kier molecular flexibility index (Phi) is 2.71. The second kappa shape index (κ2) is 4.38. The quantitative estimate of drug-likeness (QED) is 0.731. The van der Waals surface area contributed by atoms with E-state index in [-0.39, 0.29) is 5.91 Å². The van der Waals surface area contributed by atoms with Crippen LogP contribution in [0, 0.1) is 0 Å². The van der Waals surface area contributed by atoms with E-state index in [1.54, 1.807) is 12.4 Å². The number of hydrogen-bond donors (Lipinski definition) is 3. The Labute approximate surface area is 104 Å².